The van der Waals surface area contributed by atoms with Crippen LogP contribution < -0.4 is 0 Å². The first kappa shape index (κ1) is 11.5. The van der Waals surface area contributed by atoms with Gasteiger partial charge in [-0.25, -0.2) is 0 Å². The molecule has 1 heterocycles. The SMILES string of the molecule is CC(C)/C(=C\c1cc(Br)cs1)CBr. The van der Waals surface area contributed by atoms with Crippen LogP contribution in [0.3, 0.4) is 0 Å². The first-order valence-corrected chi connectivity index (χ1v) is 6.93. The number of alkyl halides is 1. The number of hydrogen-bond donors (Lipinski definition) is 0. The molecule has 0 unspecified atom stereocenters. The Morgan fingerprint density at radius 1 is 1.62 bits per heavy atom. The molecule has 1 rings (SSSR count). The van der Waals surface area contributed by atoms with Gasteiger partial charge in [0.25, 0.3) is 0 Å². The Bertz CT molecular complexity index is 300. The lowest BCUT2D eigenvalue weighted by molar-refractivity contribution is 0.781. The minimum atomic E-state index is 0.611. The van der Waals surface area contributed by atoms with Gasteiger partial charge in [-0.1, -0.05) is 35.4 Å². The minimum Gasteiger partial charge on any atom is -0.143 e. The molecule has 1 aromatic heterocycles. The third kappa shape index (κ3) is 3.56. The van der Waals surface area contributed by atoms with Gasteiger partial charge in [-0.2, -0.15) is 0 Å². The highest BCUT2D eigenvalue weighted by Crippen LogP contribution is 2.24. The van der Waals surface area contributed by atoms with Crippen LogP contribution in [-0.2, 0) is 0 Å². The molecule has 0 nitrogen and oxygen atoms in total. The second kappa shape index (κ2) is 5.32. The van der Waals surface area contributed by atoms with E-state index in [0.717, 1.165) is 5.33 Å². The predicted octanol–water partition coefficient (Wildman–Crippen LogP) is 4.94. The van der Waals surface area contributed by atoms with Crippen molar-refractivity contribution in [3.8, 4) is 0 Å². The Morgan fingerprint density at radius 2 is 2.31 bits per heavy atom. The van der Waals surface area contributed by atoms with Crippen LogP contribution in [0.25, 0.3) is 6.08 Å². The molecule has 0 aromatic carbocycles. The monoisotopic (exact) mass is 322 g/mol. The van der Waals surface area contributed by atoms with E-state index < -0.39 is 0 Å². The summed E-state index contributed by atoms with van der Waals surface area (Å²) in [6, 6.07) is 2.15. The van der Waals surface area contributed by atoms with Gasteiger partial charge in [-0.15, -0.1) is 11.3 Å². The van der Waals surface area contributed by atoms with Crippen molar-refractivity contribution < 1.29 is 0 Å². The average Bonchev–Trinajstić information content (AvgIpc) is 2.46. The van der Waals surface area contributed by atoms with Crippen LogP contribution in [0, 0.1) is 5.92 Å². The summed E-state index contributed by atoms with van der Waals surface area (Å²) < 4.78 is 1.17. The summed E-state index contributed by atoms with van der Waals surface area (Å²) in [4.78, 5) is 1.31. The molecule has 0 aliphatic heterocycles. The van der Waals surface area contributed by atoms with Crippen LogP contribution in [-0.4, -0.2) is 5.33 Å². The lowest BCUT2D eigenvalue weighted by Gasteiger charge is -2.06. The van der Waals surface area contributed by atoms with Crippen molar-refractivity contribution in [1.82, 2.24) is 0 Å². The number of allylic oxidation sites excluding steroid dienone is 1. The zero-order chi connectivity index (χ0) is 9.84. The fourth-order valence-corrected chi connectivity index (χ4v) is 3.17. The van der Waals surface area contributed by atoms with Gasteiger partial charge in [0.05, 0.1) is 0 Å². The topological polar surface area (TPSA) is 0 Å². The van der Waals surface area contributed by atoms with Crippen molar-refractivity contribution in [3.63, 3.8) is 0 Å². The fraction of sp³-hybridized carbons (Fsp3) is 0.400. The molecule has 0 spiro atoms. The van der Waals surface area contributed by atoms with Gasteiger partial charge < -0.3 is 0 Å². The van der Waals surface area contributed by atoms with E-state index in [2.05, 4.69) is 63.2 Å². The maximum Gasteiger partial charge on any atom is 0.0288 e. The Labute approximate surface area is 100 Å². The summed E-state index contributed by atoms with van der Waals surface area (Å²) >= 11 is 8.72. The van der Waals surface area contributed by atoms with Gasteiger partial charge in [-0.3, -0.25) is 0 Å². The normalized spacial score (nSPS) is 12.5. The van der Waals surface area contributed by atoms with Gasteiger partial charge in [-0.05, 0) is 34.0 Å². The van der Waals surface area contributed by atoms with E-state index >= 15 is 0 Å². The van der Waals surface area contributed by atoms with Crippen LogP contribution in [0.4, 0.5) is 0 Å². The lowest BCUT2D eigenvalue weighted by Crippen LogP contribution is -1.93. The summed E-state index contributed by atoms with van der Waals surface area (Å²) in [5.41, 5.74) is 1.44. The molecule has 0 bridgehead atoms. The first-order valence-electron chi connectivity index (χ1n) is 4.14. The molecule has 0 fully saturated rings. The quantitative estimate of drug-likeness (QED) is 0.691. The summed E-state index contributed by atoms with van der Waals surface area (Å²) in [7, 11) is 0. The number of rotatable bonds is 3. The lowest BCUT2D eigenvalue weighted by atomic mass is 10.1. The van der Waals surface area contributed by atoms with E-state index in [1.165, 1.54) is 14.9 Å². The molecular weight excluding hydrogens is 312 g/mol. The summed E-state index contributed by atoms with van der Waals surface area (Å²) in [6.07, 6.45) is 2.26. The van der Waals surface area contributed by atoms with Crippen molar-refractivity contribution in [2.24, 2.45) is 5.92 Å². The van der Waals surface area contributed by atoms with E-state index in [1.807, 2.05) is 0 Å². The molecule has 3 heteroatoms. The average molecular weight is 324 g/mol. The Balaban J connectivity index is 2.84. The van der Waals surface area contributed by atoms with Crippen LogP contribution in [0.2, 0.25) is 0 Å². The molecule has 0 aliphatic carbocycles. The van der Waals surface area contributed by atoms with Gasteiger partial charge >= 0.3 is 0 Å². The molecule has 0 atom stereocenters. The molecule has 0 saturated carbocycles. The first-order chi connectivity index (χ1) is 6.13. The zero-order valence-electron chi connectivity index (χ0n) is 7.68. The highest BCUT2D eigenvalue weighted by molar-refractivity contribution is 9.10. The highest BCUT2D eigenvalue weighted by atomic mass is 79.9. The van der Waals surface area contributed by atoms with Gasteiger partial charge in [0, 0.05) is 20.1 Å². The van der Waals surface area contributed by atoms with E-state index in [0.29, 0.717) is 5.92 Å². The maximum absolute atomic E-state index is 3.51. The molecule has 0 saturated heterocycles. The van der Waals surface area contributed by atoms with Crippen molar-refractivity contribution in [1.29, 1.82) is 0 Å². The fourth-order valence-electron chi connectivity index (χ4n) is 0.946. The second-order valence-corrected chi connectivity index (χ2v) is 5.59. The van der Waals surface area contributed by atoms with Crippen LogP contribution in [0.1, 0.15) is 18.7 Å². The zero-order valence-corrected chi connectivity index (χ0v) is 11.7. The molecule has 13 heavy (non-hydrogen) atoms. The number of thiophene rings is 1. The van der Waals surface area contributed by atoms with Crippen LogP contribution in [0.5, 0.6) is 0 Å². The molecule has 72 valence electrons. The van der Waals surface area contributed by atoms with Gasteiger partial charge in [0.15, 0.2) is 0 Å². The predicted molar refractivity (Wildman–Crippen MR) is 68.6 cm³/mol. The minimum absolute atomic E-state index is 0.611. The molecule has 0 aliphatic rings. The smallest absolute Gasteiger partial charge is 0.0288 e. The largest absolute Gasteiger partial charge is 0.143 e. The van der Waals surface area contributed by atoms with Crippen LogP contribution in [0.15, 0.2) is 21.5 Å². The maximum atomic E-state index is 3.51. The van der Waals surface area contributed by atoms with Crippen molar-refractivity contribution in [2.75, 3.05) is 5.33 Å². The standard InChI is InChI=1S/C10H12Br2S/c1-7(2)8(5-11)3-10-4-9(12)6-13-10/h3-4,6-7H,5H2,1-2H3/b8-3-. The van der Waals surface area contributed by atoms with E-state index in [4.69, 9.17) is 0 Å². The number of hydrogen-bond acceptors (Lipinski definition) is 1. The summed E-state index contributed by atoms with van der Waals surface area (Å²) in [6.45, 7) is 4.44. The Morgan fingerprint density at radius 3 is 2.69 bits per heavy atom. The van der Waals surface area contributed by atoms with Crippen molar-refractivity contribution in [3.05, 3.63) is 26.4 Å². The van der Waals surface area contributed by atoms with Gasteiger partial charge in [0.2, 0.25) is 0 Å². The van der Waals surface area contributed by atoms with E-state index in [-0.39, 0.29) is 0 Å². The Hall–Kier alpha value is 0.400. The summed E-state index contributed by atoms with van der Waals surface area (Å²) in [5, 5.41) is 3.07. The molecule has 0 radical (unpaired) electrons. The van der Waals surface area contributed by atoms with E-state index in [1.54, 1.807) is 11.3 Å². The third-order valence-corrected chi connectivity index (χ3v) is 4.10. The Kier molecular flexibility index (Phi) is 4.70. The second-order valence-electron chi connectivity index (χ2n) is 3.17. The van der Waals surface area contributed by atoms with E-state index in [9.17, 15) is 0 Å². The molecular formula is C10H12Br2S. The van der Waals surface area contributed by atoms with Crippen molar-refractivity contribution >= 4 is 49.3 Å². The number of halogens is 2. The highest BCUT2D eigenvalue weighted by Gasteiger charge is 2.02. The van der Waals surface area contributed by atoms with Crippen molar-refractivity contribution in [2.45, 2.75) is 13.8 Å². The molecule has 0 N–H and O–H groups in total. The molecule has 0 amide bonds. The summed E-state index contributed by atoms with van der Waals surface area (Å²) in [5.74, 6) is 0.611. The molecule has 1 aromatic rings. The van der Waals surface area contributed by atoms with Crippen LogP contribution >= 0.6 is 43.2 Å². The van der Waals surface area contributed by atoms with Gasteiger partial charge in [0.1, 0.15) is 0 Å². The third-order valence-electron chi connectivity index (χ3n) is 1.81.